The zero-order valence-electron chi connectivity index (χ0n) is 15.7. The first-order valence-electron chi connectivity index (χ1n) is 10.1. The van der Waals surface area contributed by atoms with Crippen molar-refractivity contribution in [2.24, 2.45) is 11.8 Å². The average molecular weight is 391 g/mol. The summed E-state index contributed by atoms with van der Waals surface area (Å²) in [5.41, 5.74) is 7.51. The summed E-state index contributed by atoms with van der Waals surface area (Å²) < 4.78 is 6.17. The number of rotatable bonds is 11. The topological polar surface area (TPSA) is 70.6 Å². The predicted octanol–water partition coefficient (Wildman–Crippen LogP) is 3.68. The van der Waals surface area contributed by atoms with Gasteiger partial charge in [-0.3, -0.25) is 4.79 Å². The van der Waals surface area contributed by atoms with Gasteiger partial charge in [0.25, 0.3) is 0 Å². The summed E-state index contributed by atoms with van der Waals surface area (Å²) in [7, 11) is 0. The number of aliphatic carboxylic acids is 1. The molecule has 3 N–H and O–H groups in total. The third kappa shape index (κ3) is 5.74. The molecule has 0 aliphatic carbocycles. The fourth-order valence-electron chi connectivity index (χ4n) is 4.47. The maximum atomic E-state index is 10.6. The van der Waals surface area contributed by atoms with Crippen molar-refractivity contribution in [3.05, 3.63) is 35.9 Å². The number of hydrazine groups is 1. The standard InChI is InChI=1S/C21H30N2O3S/c24-20(25)11-7-2-1-6-10-16-17(19-13-12-18(16)26-19)14-22-23-21(27)15-8-4-3-5-9-15/h3-5,8-9,16-19,22H,1-2,6-7,10-14H2,(H,23,27)(H,24,25)/t16-,17-,18+,19-/m1/s1. The van der Waals surface area contributed by atoms with Crippen LogP contribution in [0.15, 0.2) is 30.3 Å². The lowest BCUT2D eigenvalue weighted by Gasteiger charge is -2.28. The summed E-state index contributed by atoms with van der Waals surface area (Å²) in [5, 5.41) is 8.70. The molecule has 6 heteroatoms. The lowest BCUT2D eigenvalue weighted by molar-refractivity contribution is -0.137. The molecule has 2 heterocycles. The van der Waals surface area contributed by atoms with E-state index in [1.54, 1.807) is 0 Å². The van der Waals surface area contributed by atoms with Crippen LogP contribution in [0.1, 0.15) is 56.9 Å². The number of carboxylic acids is 1. The minimum Gasteiger partial charge on any atom is -0.481 e. The Morgan fingerprint density at radius 1 is 1.07 bits per heavy atom. The monoisotopic (exact) mass is 390 g/mol. The Balaban J connectivity index is 1.39. The molecule has 3 rings (SSSR count). The molecule has 0 aromatic heterocycles. The van der Waals surface area contributed by atoms with Crippen LogP contribution in [-0.2, 0) is 9.53 Å². The normalized spacial score (nSPS) is 26.2. The molecule has 2 bridgehead atoms. The third-order valence-corrected chi connectivity index (χ3v) is 6.18. The summed E-state index contributed by atoms with van der Waals surface area (Å²) in [5.74, 6) is 0.431. The molecular formula is C21H30N2O3S. The van der Waals surface area contributed by atoms with Gasteiger partial charge in [-0.15, -0.1) is 0 Å². The predicted molar refractivity (Wildman–Crippen MR) is 109 cm³/mol. The van der Waals surface area contributed by atoms with Crippen molar-refractivity contribution in [1.29, 1.82) is 0 Å². The molecule has 27 heavy (non-hydrogen) atoms. The van der Waals surface area contributed by atoms with Crippen LogP contribution in [0.3, 0.4) is 0 Å². The number of thiocarbonyl (C=S) groups is 1. The van der Waals surface area contributed by atoms with E-state index < -0.39 is 5.97 Å². The Morgan fingerprint density at radius 2 is 1.78 bits per heavy atom. The molecule has 1 aromatic rings. The molecular weight excluding hydrogens is 360 g/mol. The van der Waals surface area contributed by atoms with Crippen LogP contribution in [0.25, 0.3) is 0 Å². The summed E-state index contributed by atoms with van der Waals surface area (Å²) in [6.45, 7) is 0.859. The van der Waals surface area contributed by atoms with Gasteiger partial charge in [0.15, 0.2) is 0 Å². The van der Waals surface area contributed by atoms with E-state index >= 15 is 0 Å². The van der Waals surface area contributed by atoms with E-state index in [1.807, 2.05) is 30.3 Å². The van der Waals surface area contributed by atoms with Crippen molar-refractivity contribution in [1.82, 2.24) is 10.9 Å². The van der Waals surface area contributed by atoms with Gasteiger partial charge in [-0.25, -0.2) is 5.43 Å². The van der Waals surface area contributed by atoms with Gasteiger partial charge in [-0.2, -0.15) is 0 Å². The quantitative estimate of drug-likeness (QED) is 0.304. The van der Waals surface area contributed by atoms with Crippen LogP contribution in [0.2, 0.25) is 0 Å². The van der Waals surface area contributed by atoms with Gasteiger partial charge in [0.2, 0.25) is 0 Å². The molecule has 2 saturated heterocycles. The lowest BCUT2D eigenvalue weighted by Crippen LogP contribution is -2.44. The highest BCUT2D eigenvalue weighted by Crippen LogP contribution is 2.45. The fraction of sp³-hybridized carbons (Fsp3) is 0.619. The first-order valence-corrected chi connectivity index (χ1v) is 10.5. The van der Waals surface area contributed by atoms with Crippen LogP contribution >= 0.6 is 12.2 Å². The van der Waals surface area contributed by atoms with Gasteiger partial charge in [-0.1, -0.05) is 61.8 Å². The maximum absolute atomic E-state index is 10.6. The molecule has 0 amide bonds. The van der Waals surface area contributed by atoms with Crippen LogP contribution in [0, 0.1) is 11.8 Å². The number of carboxylic acid groups (broad SMARTS) is 1. The van der Waals surface area contributed by atoms with Gasteiger partial charge < -0.3 is 15.3 Å². The van der Waals surface area contributed by atoms with Gasteiger partial charge >= 0.3 is 5.97 Å². The molecule has 0 unspecified atom stereocenters. The van der Waals surface area contributed by atoms with E-state index in [0.717, 1.165) is 49.2 Å². The Hall–Kier alpha value is -1.50. The fourth-order valence-corrected chi connectivity index (χ4v) is 4.68. The van der Waals surface area contributed by atoms with Crippen LogP contribution < -0.4 is 10.9 Å². The number of nitrogens with one attached hydrogen (secondary N) is 2. The van der Waals surface area contributed by atoms with E-state index in [0.29, 0.717) is 24.0 Å². The Morgan fingerprint density at radius 3 is 2.52 bits per heavy atom. The second kappa shape index (κ2) is 10.2. The smallest absolute Gasteiger partial charge is 0.303 e. The molecule has 0 radical (unpaired) electrons. The van der Waals surface area contributed by atoms with Crippen molar-refractivity contribution in [2.75, 3.05) is 6.54 Å². The highest BCUT2D eigenvalue weighted by molar-refractivity contribution is 7.80. The molecule has 2 aliphatic heterocycles. The molecule has 4 atom stereocenters. The number of benzene rings is 1. The van der Waals surface area contributed by atoms with Crippen molar-refractivity contribution in [2.45, 2.75) is 63.6 Å². The van der Waals surface area contributed by atoms with Crippen molar-refractivity contribution in [3.8, 4) is 0 Å². The van der Waals surface area contributed by atoms with Crippen LogP contribution in [-0.4, -0.2) is 34.8 Å². The van der Waals surface area contributed by atoms with Crippen molar-refractivity contribution < 1.29 is 14.6 Å². The van der Waals surface area contributed by atoms with Crippen molar-refractivity contribution >= 4 is 23.2 Å². The second-order valence-corrected chi connectivity index (χ2v) is 8.07. The van der Waals surface area contributed by atoms with E-state index in [2.05, 4.69) is 10.9 Å². The van der Waals surface area contributed by atoms with Gasteiger partial charge in [0, 0.05) is 24.4 Å². The summed E-state index contributed by atoms with van der Waals surface area (Å²) in [6, 6.07) is 9.97. The molecule has 2 fully saturated rings. The summed E-state index contributed by atoms with van der Waals surface area (Å²) >= 11 is 5.44. The number of carbonyl (C=O) groups is 1. The molecule has 5 nitrogen and oxygen atoms in total. The molecule has 1 aromatic carbocycles. The number of fused-ring (bicyclic) bond motifs is 2. The highest BCUT2D eigenvalue weighted by Gasteiger charge is 2.47. The Labute approximate surface area is 166 Å². The van der Waals surface area contributed by atoms with Crippen LogP contribution in [0.5, 0.6) is 0 Å². The largest absolute Gasteiger partial charge is 0.481 e. The molecule has 0 saturated carbocycles. The number of unbranched alkanes of at least 4 members (excludes halogenated alkanes) is 3. The van der Waals surface area contributed by atoms with Gasteiger partial charge in [0.05, 0.1) is 12.2 Å². The second-order valence-electron chi connectivity index (χ2n) is 7.67. The Kier molecular flexibility index (Phi) is 7.61. The summed E-state index contributed by atoms with van der Waals surface area (Å²) in [6.07, 6.45) is 8.63. The Bertz CT molecular complexity index is 625. The zero-order chi connectivity index (χ0) is 19.1. The van der Waals surface area contributed by atoms with Crippen molar-refractivity contribution in [3.63, 3.8) is 0 Å². The van der Waals surface area contributed by atoms with E-state index in [1.165, 1.54) is 12.8 Å². The number of hydrogen-bond donors (Lipinski definition) is 3. The molecule has 0 spiro atoms. The number of ether oxygens (including phenoxy) is 1. The third-order valence-electron chi connectivity index (χ3n) is 5.84. The minimum absolute atomic E-state index is 0.288. The summed E-state index contributed by atoms with van der Waals surface area (Å²) in [4.78, 5) is 11.3. The molecule has 2 aliphatic rings. The van der Waals surface area contributed by atoms with E-state index in [-0.39, 0.29) is 6.42 Å². The minimum atomic E-state index is -0.691. The maximum Gasteiger partial charge on any atom is 0.303 e. The van der Waals surface area contributed by atoms with E-state index in [9.17, 15) is 4.79 Å². The SMILES string of the molecule is O=C(O)CCCCCC[C@@H]1[C@@H](CNNC(=S)c2ccccc2)[C@H]2CC[C@@H]1O2. The average Bonchev–Trinajstić information content (AvgIpc) is 3.27. The zero-order valence-corrected chi connectivity index (χ0v) is 16.5. The highest BCUT2D eigenvalue weighted by atomic mass is 32.1. The first kappa shape index (κ1) is 20.2. The van der Waals surface area contributed by atoms with Crippen LogP contribution in [0.4, 0.5) is 0 Å². The van der Waals surface area contributed by atoms with E-state index in [4.69, 9.17) is 22.1 Å². The first-order chi connectivity index (χ1) is 13.1. The lowest BCUT2D eigenvalue weighted by atomic mass is 9.76. The van der Waals surface area contributed by atoms with Gasteiger partial charge in [0.1, 0.15) is 4.99 Å². The molecule has 148 valence electrons. The van der Waals surface area contributed by atoms with Gasteiger partial charge in [-0.05, 0) is 31.6 Å². The number of hydrogen-bond acceptors (Lipinski definition) is 4.